The maximum Gasteiger partial charge on any atom is 0.331 e. The third kappa shape index (κ3) is 5.64. The van der Waals surface area contributed by atoms with Gasteiger partial charge in [-0.2, -0.15) is 5.26 Å². The average molecular weight is 376 g/mol. The van der Waals surface area contributed by atoms with E-state index in [2.05, 4.69) is 0 Å². The molecule has 0 saturated carbocycles. The third-order valence-electron chi connectivity index (χ3n) is 3.92. The van der Waals surface area contributed by atoms with Crippen LogP contribution in [-0.2, 0) is 14.3 Å². The van der Waals surface area contributed by atoms with Gasteiger partial charge < -0.3 is 23.8 Å². The first-order chi connectivity index (χ1) is 12.7. The van der Waals surface area contributed by atoms with Crippen LogP contribution >= 0.6 is 0 Å². The van der Waals surface area contributed by atoms with Gasteiger partial charge in [0.05, 0.1) is 27.4 Å². The molecule has 0 saturated heterocycles. The van der Waals surface area contributed by atoms with Gasteiger partial charge in [-0.25, -0.2) is 4.79 Å². The zero-order valence-corrected chi connectivity index (χ0v) is 16.4. The summed E-state index contributed by atoms with van der Waals surface area (Å²) in [5.74, 6) is 0.158. The minimum atomic E-state index is -0.991. The summed E-state index contributed by atoms with van der Waals surface area (Å²) in [5.41, 5.74) is -0.370. The number of carbonyl (C=O) groups is 2. The summed E-state index contributed by atoms with van der Waals surface area (Å²) in [6.07, 6.45) is 2.68. The Morgan fingerprint density at radius 1 is 1.15 bits per heavy atom. The van der Waals surface area contributed by atoms with Gasteiger partial charge in [-0.05, 0) is 37.6 Å². The van der Waals surface area contributed by atoms with Crippen molar-refractivity contribution in [2.45, 2.75) is 19.4 Å². The minimum absolute atomic E-state index is 0.438. The van der Waals surface area contributed by atoms with Gasteiger partial charge in [0.2, 0.25) is 5.75 Å². The van der Waals surface area contributed by atoms with E-state index >= 15 is 0 Å². The second kappa shape index (κ2) is 9.48. The lowest BCUT2D eigenvalue weighted by molar-refractivity contribution is -0.149. The first-order valence-electron chi connectivity index (χ1n) is 8.03. The number of carbonyl (C=O) groups excluding carboxylic acids is 2. The quantitative estimate of drug-likeness (QED) is 0.506. The number of ether oxygens (including phenoxy) is 4. The highest BCUT2D eigenvalue weighted by Gasteiger charge is 2.27. The highest BCUT2D eigenvalue weighted by molar-refractivity contribution is 5.89. The second-order valence-corrected chi connectivity index (χ2v) is 6.02. The highest BCUT2D eigenvalue weighted by atomic mass is 16.5. The lowest BCUT2D eigenvalue weighted by Crippen LogP contribution is -2.45. The number of rotatable bonds is 8. The molecule has 0 spiro atoms. The molecule has 0 aliphatic carbocycles. The fourth-order valence-corrected chi connectivity index (χ4v) is 2.03. The summed E-state index contributed by atoms with van der Waals surface area (Å²) in [6, 6.07) is 5.34. The normalized spacial score (nSPS) is 10.9. The van der Waals surface area contributed by atoms with Crippen molar-refractivity contribution < 1.29 is 28.5 Å². The Morgan fingerprint density at radius 3 is 2.15 bits per heavy atom. The standard InChI is InChI=1S/C19H24N2O6/c1-19(2,12-20)21(3)16(22)11-27-17(23)8-7-13-9-14(24-4)18(26-6)15(10-13)25-5/h7-10H,11H2,1-6H3/b8-7+. The third-order valence-corrected chi connectivity index (χ3v) is 3.92. The van der Waals surface area contributed by atoms with E-state index in [-0.39, 0.29) is 0 Å². The number of methoxy groups -OCH3 is 3. The van der Waals surface area contributed by atoms with E-state index in [0.29, 0.717) is 22.8 Å². The number of hydrogen-bond donors (Lipinski definition) is 0. The summed E-state index contributed by atoms with van der Waals surface area (Å²) < 4.78 is 20.6. The molecule has 0 aliphatic rings. The number of likely N-dealkylation sites (N-methyl/N-ethyl adjacent to an activating group) is 1. The summed E-state index contributed by atoms with van der Waals surface area (Å²) >= 11 is 0. The largest absolute Gasteiger partial charge is 0.493 e. The Bertz CT molecular complexity index is 739. The molecule has 0 N–H and O–H groups in total. The molecular weight excluding hydrogens is 352 g/mol. The van der Waals surface area contributed by atoms with Gasteiger partial charge >= 0.3 is 5.97 Å². The van der Waals surface area contributed by atoms with Gasteiger partial charge in [-0.15, -0.1) is 0 Å². The second-order valence-electron chi connectivity index (χ2n) is 6.02. The maximum atomic E-state index is 12.0. The van der Waals surface area contributed by atoms with Crippen molar-refractivity contribution in [3.05, 3.63) is 23.8 Å². The van der Waals surface area contributed by atoms with Gasteiger partial charge in [0.1, 0.15) is 5.54 Å². The van der Waals surface area contributed by atoms with E-state index in [1.54, 1.807) is 26.0 Å². The zero-order valence-electron chi connectivity index (χ0n) is 16.4. The topological polar surface area (TPSA) is 98.1 Å². The number of hydrogen-bond acceptors (Lipinski definition) is 7. The van der Waals surface area contributed by atoms with Crippen LogP contribution in [0.2, 0.25) is 0 Å². The summed E-state index contributed by atoms with van der Waals surface area (Å²) in [5, 5.41) is 9.03. The summed E-state index contributed by atoms with van der Waals surface area (Å²) in [7, 11) is 5.95. The Balaban J connectivity index is 2.79. The van der Waals surface area contributed by atoms with Crippen LogP contribution in [0.3, 0.4) is 0 Å². The van der Waals surface area contributed by atoms with Crippen LogP contribution in [0.5, 0.6) is 17.2 Å². The molecule has 0 bridgehead atoms. The first kappa shape index (κ1) is 21.8. The fourth-order valence-electron chi connectivity index (χ4n) is 2.03. The molecule has 0 heterocycles. The molecule has 0 aliphatic heterocycles. The predicted octanol–water partition coefficient (Wildman–Crippen LogP) is 2.03. The smallest absolute Gasteiger partial charge is 0.331 e. The van der Waals surface area contributed by atoms with Gasteiger partial charge in [-0.3, -0.25) is 4.79 Å². The van der Waals surface area contributed by atoms with Crippen LogP contribution in [0.1, 0.15) is 19.4 Å². The fraction of sp³-hybridized carbons (Fsp3) is 0.421. The Hall–Kier alpha value is -3.21. The zero-order chi connectivity index (χ0) is 20.6. The Kier molecular flexibility index (Phi) is 7.66. The Labute approximate surface area is 158 Å². The predicted molar refractivity (Wildman–Crippen MR) is 98.6 cm³/mol. The molecule has 1 aromatic carbocycles. The lowest BCUT2D eigenvalue weighted by Gasteiger charge is -2.28. The van der Waals surface area contributed by atoms with E-state index < -0.39 is 24.0 Å². The van der Waals surface area contributed by atoms with Crippen molar-refractivity contribution >= 4 is 18.0 Å². The van der Waals surface area contributed by atoms with Crippen LogP contribution in [-0.4, -0.2) is 57.3 Å². The molecule has 1 aromatic rings. The molecule has 0 fully saturated rings. The van der Waals surface area contributed by atoms with Gasteiger partial charge in [0.15, 0.2) is 18.1 Å². The lowest BCUT2D eigenvalue weighted by atomic mass is 10.1. The van der Waals surface area contributed by atoms with Crippen molar-refractivity contribution in [3.63, 3.8) is 0 Å². The molecule has 0 atom stereocenters. The summed E-state index contributed by atoms with van der Waals surface area (Å²) in [4.78, 5) is 25.1. The average Bonchev–Trinajstić information content (AvgIpc) is 2.68. The molecule has 146 valence electrons. The van der Waals surface area contributed by atoms with Crippen LogP contribution < -0.4 is 14.2 Å². The minimum Gasteiger partial charge on any atom is -0.493 e. The number of nitriles is 1. The van der Waals surface area contributed by atoms with E-state index in [4.69, 9.17) is 24.2 Å². The van der Waals surface area contributed by atoms with Crippen molar-refractivity contribution in [1.82, 2.24) is 4.90 Å². The molecule has 1 rings (SSSR count). The van der Waals surface area contributed by atoms with Crippen molar-refractivity contribution in [2.75, 3.05) is 35.0 Å². The van der Waals surface area contributed by atoms with Crippen LogP contribution in [0.4, 0.5) is 0 Å². The SMILES string of the molecule is COc1cc(/C=C/C(=O)OCC(=O)N(C)C(C)(C)C#N)cc(OC)c1OC. The van der Waals surface area contributed by atoms with E-state index in [0.717, 1.165) is 0 Å². The van der Waals surface area contributed by atoms with Gasteiger partial charge in [0, 0.05) is 13.1 Å². The Morgan fingerprint density at radius 2 is 1.70 bits per heavy atom. The molecule has 8 nitrogen and oxygen atoms in total. The van der Waals surface area contributed by atoms with Crippen molar-refractivity contribution in [2.24, 2.45) is 0 Å². The highest BCUT2D eigenvalue weighted by Crippen LogP contribution is 2.38. The van der Waals surface area contributed by atoms with Gasteiger partial charge in [-0.1, -0.05) is 0 Å². The van der Waals surface area contributed by atoms with Crippen LogP contribution in [0.15, 0.2) is 18.2 Å². The summed E-state index contributed by atoms with van der Waals surface area (Å²) in [6.45, 7) is 2.73. The number of amides is 1. The van der Waals surface area contributed by atoms with Crippen LogP contribution in [0, 0.1) is 11.3 Å². The monoisotopic (exact) mass is 376 g/mol. The molecule has 8 heteroatoms. The molecular formula is C19H24N2O6. The van der Waals surface area contributed by atoms with E-state index in [1.165, 1.54) is 45.4 Å². The van der Waals surface area contributed by atoms with Crippen LogP contribution in [0.25, 0.3) is 6.08 Å². The van der Waals surface area contributed by atoms with Gasteiger partial charge in [0.25, 0.3) is 5.91 Å². The molecule has 0 radical (unpaired) electrons. The van der Waals surface area contributed by atoms with E-state index in [1.807, 2.05) is 6.07 Å². The molecule has 0 unspecified atom stereocenters. The molecule has 0 aromatic heterocycles. The van der Waals surface area contributed by atoms with E-state index in [9.17, 15) is 9.59 Å². The molecule has 27 heavy (non-hydrogen) atoms. The number of nitrogens with zero attached hydrogens (tertiary/aromatic N) is 2. The number of benzene rings is 1. The maximum absolute atomic E-state index is 12.0. The van der Waals surface area contributed by atoms with Crippen molar-refractivity contribution in [1.29, 1.82) is 5.26 Å². The van der Waals surface area contributed by atoms with Crippen molar-refractivity contribution in [3.8, 4) is 23.3 Å². The number of esters is 1. The first-order valence-corrected chi connectivity index (χ1v) is 8.03. The molecule has 1 amide bonds.